The molecule has 2 heterocycles. The van der Waals surface area contributed by atoms with Gasteiger partial charge >= 0.3 is 0 Å². The largest absolute Gasteiger partial charge is 0.379 e. The van der Waals surface area contributed by atoms with Crippen LogP contribution < -0.4 is 0 Å². The van der Waals surface area contributed by atoms with Crippen LogP contribution in [0.5, 0.6) is 0 Å². The first-order valence-corrected chi connectivity index (χ1v) is 8.63. The summed E-state index contributed by atoms with van der Waals surface area (Å²) in [6.45, 7) is 5.17. The standard InChI is InChI=1S/C15H19ClN2O2S/c16-13-3-1-2-12(10-13)15-18(14(19)11-21-15)5-4-17-6-8-20-9-7-17/h1-3,10,15H,4-9,11H2. The summed E-state index contributed by atoms with van der Waals surface area (Å²) < 4.78 is 5.36. The zero-order chi connectivity index (χ0) is 14.7. The van der Waals surface area contributed by atoms with Crippen molar-refractivity contribution in [3.05, 3.63) is 34.9 Å². The SMILES string of the molecule is O=C1CSC(c2cccc(Cl)c2)N1CCN1CCOCC1. The third-order valence-electron chi connectivity index (χ3n) is 3.86. The van der Waals surface area contributed by atoms with Crippen LogP contribution in [0.15, 0.2) is 24.3 Å². The molecule has 21 heavy (non-hydrogen) atoms. The number of carbonyl (C=O) groups is 1. The van der Waals surface area contributed by atoms with Gasteiger partial charge in [0.2, 0.25) is 5.91 Å². The van der Waals surface area contributed by atoms with Crippen molar-refractivity contribution in [3.8, 4) is 0 Å². The first kappa shape index (κ1) is 15.2. The van der Waals surface area contributed by atoms with E-state index < -0.39 is 0 Å². The number of rotatable bonds is 4. The van der Waals surface area contributed by atoms with E-state index in [9.17, 15) is 4.79 Å². The molecule has 0 bridgehead atoms. The molecule has 0 radical (unpaired) electrons. The molecule has 0 aromatic heterocycles. The van der Waals surface area contributed by atoms with Crippen LogP contribution in [0.4, 0.5) is 0 Å². The molecular weight excluding hydrogens is 308 g/mol. The van der Waals surface area contributed by atoms with Crippen LogP contribution in [0.25, 0.3) is 0 Å². The van der Waals surface area contributed by atoms with E-state index in [4.69, 9.17) is 16.3 Å². The maximum Gasteiger partial charge on any atom is 0.233 e. The van der Waals surface area contributed by atoms with E-state index >= 15 is 0 Å². The lowest BCUT2D eigenvalue weighted by molar-refractivity contribution is -0.128. The number of thioether (sulfide) groups is 1. The summed E-state index contributed by atoms with van der Waals surface area (Å²) in [5, 5.41) is 0.817. The van der Waals surface area contributed by atoms with Crippen molar-refractivity contribution < 1.29 is 9.53 Å². The van der Waals surface area contributed by atoms with Gasteiger partial charge in [-0.3, -0.25) is 9.69 Å². The summed E-state index contributed by atoms with van der Waals surface area (Å²) in [7, 11) is 0. The molecule has 2 saturated heterocycles. The van der Waals surface area contributed by atoms with Gasteiger partial charge in [-0.15, -0.1) is 11.8 Å². The molecule has 6 heteroatoms. The maximum atomic E-state index is 12.1. The summed E-state index contributed by atoms with van der Waals surface area (Å²) in [6.07, 6.45) is 0. The van der Waals surface area contributed by atoms with Crippen molar-refractivity contribution in [1.82, 2.24) is 9.80 Å². The Morgan fingerprint density at radius 1 is 1.29 bits per heavy atom. The summed E-state index contributed by atoms with van der Waals surface area (Å²) >= 11 is 7.75. The molecule has 1 atom stereocenters. The zero-order valence-corrected chi connectivity index (χ0v) is 13.4. The molecule has 3 rings (SSSR count). The van der Waals surface area contributed by atoms with E-state index in [1.807, 2.05) is 29.2 Å². The molecule has 1 aromatic carbocycles. The Kier molecular flexibility index (Phi) is 5.06. The Labute approximate surface area is 134 Å². The van der Waals surface area contributed by atoms with E-state index in [1.165, 1.54) is 0 Å². The highest BCUT2D eigenvalue weighted by molar-refractivity contribution is 8.00. The number of hydrogen-bond donors (Lipinski definition) is 0. The summed E-state index contributed by atoms with van der Waals surface area (Å²) in [6, 6.07) is 7.81. The van der Waals surface area contributed by atoms with Crippen molar-refractivity contribution in [3.63, 3.8) is 0 Å². The molecule has 4 nitrogen and oxygen atoms in total. The quantitative estimate of drug-likeness (QED) is 0.849. The third-order valence-corrected chi connectivity index (χ3v) is 5.35. The first-order valence-electron chi connectivity index (χ1n) is 7.21. The smallest absolute Gasteiger partial charge is 0.233 e. The number of ether oxygens (including phenoxy) is 1. The van der Waals surface area contributed by atoms with Gasteiger partial charge in [-0.05, 0) is 17.7 Å². The van der Waals surface area contributed by atoms with Gasteiger partial charge in [0.05, 0.1) is 19.0 Å². The normalized spacial score (nSPS) is 23.8. The van der Waals surface area contributed by atoms with Gasteiger partial charge < -0.3 is 9.64 Å². The maximum absolute atomic E-state index is 12.1. The Hall–Kier alpha value is -0.750. The number of hydrogen-bond acceptors (Lipinski definition) is 4. The lowest BCUT2D eigenvalue weighted by Crippen LogP contribution is -2.42. The Balaban J connectivity index is 1.65. The predicted molar refractivity (Wildman–Crippen MR) is 85.6 cm³/mol. The van der Waals surface area contributed by atoms with Crippen LogP contribution in [0.3, 0.4) is 0 Å². The highest BCUT2D eigenvalue weighted by Crippen LogP contribution is 2.38. The van der Waals surface area contributed by atoms with Gasteiger partial charge in [-0.1, -0.05) is 23.7 Å². The van der Waals surface area contributed by atoms with Crippen molar-refractivity contribution in [2.24, 2.45) is 0 Å². The first-order chi connectivity index (χ1) is 10.2. The number of nitrogens with zero attached hydrogens (tertiary/aromatic N) is 2. The lowest BCUT2D eigenvalue weighted by Gasteiger charge is -2.30. The molecule has 0 aliphatic carbocycles. The van der Waals surface area contributed by atoms with E-state index in [2.05, 4.69) is 4.90 Å². The Morgan fingerprint density at radius 2 is 2.10 bits per heavy atom. The van der Waals surface area contributed by atoms with Crippen LogP contribution >= 0.6 is 23.4 Å². The predicted octanol–water partition coefficient (Wildman–Crippen LogP) is 2.25. The fourth-order valence-corrected chi connectivity index (χ4v) is 4.11. The zero-order valence-electron chi connectivity index (χ0n) is 11.8. The fraction of sp³-hybridized carbons (Fsp3) is 0.533. The number of morpholine rings is 1. The van der Waals surface area contributed by atoms with Crippen LogP contribution in [0, 0.1) is 0 Å². The average molecular weight is 327 g/mol. The van der Waals surface area contributed by atoms with Crippen LogP contribution in [0.2, 0.25) is 5.02 Å². The minimum Gasteiger partial charge on any atom is -0.379 e. The number of halogens is 1. The van der Waals surface area contributed by atoms with Crippen LogP contribution in [-0.4, -0.2) is 60.9 Å². The minimum atomic E-state index is 0.0947. The van der Waals surface area contributed by atoms with E-state index in [1.54, 1.807) is 11.8 Å². The van der Waals surface area contributed by atoms with E-state index in [0.717, 1.165) is 50.0 Å². The highest BCUT2D eigenvalue weighted by Gasteiger charge is 2.32. The average Bonchev–Trinajstić information content (AvgIpc) is 2.87. The second-order valence-electron chi connectivity index (χ2n) is 5.26. The molecule has 1 amide bonds. The van der Waals surface area contributed by atoms with Gasteiger partial charge in [0.25, 0.3) is 0 Å². The Bertz CT molecular complexity index is 508. The van der Waals surface area contributed by atoms with Gasteiger partial charge in [0, 0.05) is 31.2 Å². The van der Waals surface area contributed by atoms with Crippen LogP contribution in [0.1, 0.15) is 10.9 Å². The molecule has 0 saturated carbocycles. The topological polar surface area (TPSA) is 32.8 Å². The minimum absolute atomic E-state index is 0.0947. The number of carbonyl (C=O) groups excluding carboxylic acids is 1. The monoisotopic (exact) mass is 326 g/mol. The number of amides is 1. The van der Waals surface area contributed by atoms with Gasteiger partial charge in [-0.2, -0.15) is 0 Å². The molecule has 0 N–H and O–H groups in total. The third kappa shape index (κ3) is 3.72. The van der Waals surface area contributed by atoms with Gasteiger partial charge in [-0.25, -0.2) is 0 Å². The second kappa shape index (κ2) is 7.01. The second-order valence-corrected chi connectivity index (χ2v) is 6.76. The van der Waals surface area contributed by atoms with Crippen molar-refractivity contribution in [2.75, 3.05) is 45.1 Å². The lowest BCUT2D eigenvalue weighted by atomic mass is 10.2. The molecule has 114 valence electrons. The van der Waals surface area contributed by atoms with E-state index in [0.29, 0.717) is 5.75 Å². The molecule has 1 unspecified atom stereocenters. The molecule has 2 fully saturated rings. The number of benzene rings is 1. The van der Waals surface area contributed by atoms with Gasteiger partial charge in [0.15, 0.2) is 0 Å². The summed E-state index contributed by atoms with van der Waals surface area (Å²) in [4.78, 5) is 16.5. The van der Waals surface area contributed by atoms with Crippen LogP contribution in [-0.2, 0) is 9.53 Å². The van der Waals surface area contributed by atoms with Gasteiger partial charge in [0.1, 0.15) is 5.37 Å². The molecule has 0 spiro atoms. The summed E-state index contributed by atoms with van der Waals surface area (Å²) in [5.41, 5.74) is 1.11. The van der Waals surface area contributed by atoms with Crippen molar-refractivity contribution in [2.45, 2.75) is 5.37 Å². The molecular formula is C15H19ClN2O2S. The molecule has 1 aromatic rings. The molecule has 2 aliphatic heterocycles. The Morgan fingerprint density at radius 3 is 2.86 bits per heavy atom. The van der Waals surface area contributed by atoms with E-state index in [-0.39, 0.29) is 11.3 Å². The van der Waals surface area contributed by atoms with Crippen molar-refractivity contribution in [1.29, 1.82) is 0 Å². The summed E-state index contributed by atoms with van der Waals surface area (Å²) in [5.74, 6) is 0.776. The van der Waals surface area contributed by atoms with Crippen molar-refractivity contribution >= 4 is 29.3 Å². The molecule has 2 aliphatic rings. The highest BCUT2D eigenvalue weighted by atomic mass is 35.5. The fourth-order valence-electron chi connectivity index (χ4n) is 2.71.